The lowest BCUT2D eigenvalue weighted by Gasteiger charge is -2.32. The number of nitrogens with one attached hydrogen (secondary N) is 1. The van der Waals surface area contributed by atoms with Gasteiger partial charge in [-0.15, -0.1) is 0 Å². The number of nitrogens with two attached hydrogens (primary N) is 1. The monoisotopic (exact) mass is 248 g/mol. The molecule has 18 heavy (non-hydrogen) atoms. The Balaban J connectivity index is 2.13. The topological polar surface area (TPSA) is 71.2 Å². The first-order valence-electron chi connectivity index (χ1n) is 6.30. The summed E-state index contributed by atoms with van der Waals surface area (Å²) in [7, 11) is 1.69. The van der Waals surface area contributed by atoms with Crippen LogP contribution in [0.3, 0.4) is 0 Å². The van der Waals surface area contributed by atoms with Gasteiger partial charge in [0.25, 0.3) is 0 Å². The summed E-state index contributed by atoms with van der Waals surface area (Å²) in [6.07, 6.45) is 3.65. The number of nitrogen functional groups attached to an aromatic ring is 1. The minimum Gasteiger partial charge on any atom is -0.397 e. The SMILES string of the molecule is CNC(=O)C1CCCN(c2cc(C)c(N)cn2)C1. The van der Waals surface area contributed by atoms with Gasteiger partial charge in [-0.2, -0.15) is 0 Å². The third-order valence-corrected chi connectivity index (χ3v) is 3.50. The van der Waals surface area contributed by atoms with E-state index in [0.29, 0.717) is 5.69 Å². The Morgan fingerprint density at radius 3 is 3.06 bits per heavy atom. The Morgan fingerprint density at radius 1 is 1.61 bits per heavy atom. The van der Waals surface area contributed by atoms with Crippen LogP contribution in [0.1, 0.15) is 18.4 Å². The maximum atomic E-state index is 11.7. The first kappa shape index (κ1) is 12.7. The molecule has 5 nitrogen and oxygen atoms in total. The Hall–Kier alpha value is -1.78. The number of aryl methyl sites for hydroxylation is 1. The zero-order valence-corrected chi connectivity index (χ0v) is 10.9. The van der Waals surface area contributed by atoms with Gasteiger partial charge in [-0.25, -0.2) is 4.98 Å². The molecule has 1 unspecified atom stereocenters. The molecule has 2 rings (SSSR count). The Kier molecular flexibility index (Phi) is 3.69. The summed E-state index contributed by atoms with van der Waals surface area (Å²) >= 11 is 0. The van der Waals surface area contributed by atoms with Crippen LogP contribution in [0.25, 0.3) is 0 Å². The molecule has 0 saturated carbocycles. The van der Waals surface area contributed by atoms with E-state index in [1.165, 1.54) is 0 Å². The van der Waals surface area contributed by atoms with Gasteiger partial charge in [0.05, 0.1) is 17.8 Å². The lowest BCUT2D eigenvalue weighted by Crippen LogP contribution is -2.42. The van der Waals surface area contributed by atoms with Gasteiger partial charge >= 0.3 is 0 Å². The molecule has 0 radical (unpaired) electrons. The van der Waals surface area contributed by atoms with Crippen molar-refractivity contribution in [2.45, 2.75) is 19.8 Å². The molecule has 1 atom stereocenters. The number of rotatable bonds is 2. The Bertz CT molecular complexity index is 447. The third kappa shape index (κ3) is 2.55. The van der Waals surface area contributed by atoms with Crippen molar-refractivity contribution in [1.29, 1.82) is 0 Å². The van der Waals surface area contributed by atoms with Crippen LogP contribution in [0.4, 0.5) is 11.5 Å². The van der Waals surface area contributed by atoms with E-state index in [1.807, 2.05) is 13.0 Å². The van der Waals surface area contributed by atoms with Crippen LogP contribution in [-0.2, 0) is 4.79 Å². The molecule has 1 aromatic heterocycles. The molecule has 0 aliphatic carbocycles. The van der Waals surface area contributed by atoms with Gasteiger partial charge in [0.2, 0.25) is 5.91 Å². The number of piperidine rings is 1. The normalized spacial score (nSPS) is 19.7. The number of hydrogen-bond donors (Lipinski definition) is 2. The minimum atomic E-state index is 0.0587. The van der Waals surface area contributed by atoms with E-state index in [4.69, 9.17) is 5.73 Å². The summed E-state index contributed by atoms with van der Waals surface area (Å²) in [4.78, 5) is 18.2. The number of anilines is 2. The molecular formula is C13H20N4O. The highest BCUT2D eigenvalue weighted by atomic mass is 16.1. The van der Waals surface area contributed by atoms with Gasteiger partial charge in [0.15, 0.2) is 0 Å². The second-order valence-corrected chi connectivity index (χ2v) is 4.80. The van der Waals surface area contributed by atoms with Gasteiger partial charge in [-0.05, 0) is 31.4 Å². The lowest BCUT2D eigenvalue weighted by molar-refractivity contribution is -0.124. The highest BCUT2D eigenvalue weighted by Crippen LogP contribution is 2.23. The molecule has 2 heterocycles. The van der Waals surface area contributed by atoms with Crippen LogP contribution >= 0.6 is 0 Å². The van der Waals surface area contributed by atoms with Crippen LogP contribution in [0.2, 0.25) is 0 Å². The maximum Gasteiger partial charge on any atom is 0.224 e. The summed E-state index contributed by atoms with van der Waals surface area (Å²) in [5.41, 5.74) is 7.51. The molecule has 1 fully saturated rings. The van der Waals surface area contributed by atoms with E-state index in [1.54, 1.807) is 13.2 Å². The molecule has 1 amide bonds. The second-order valence-electron chi connectivity index (χ2n) is 4.80. The van der Waals surface area contributed by atoms with Crippen molar-refractivity contribution < 1.29 is 4.79 Å². The van der Waals surface area contributed by atoms with E-state index in [2.05, 4.69) is 15.2 Å². The molecular weight excluding hydrogens is 228 g/mol. The maximum absolute atomic E-state index is 11.7. The molecule has 98 valence electrons. The van der Waals surface area contributed by atoms with Crippen LogP contribution < -0.4 is 16.0 Å². The van der Waals surface area contributed by atoms with Gasteiger partial charge in [0.1, 0.15) is 5.82 Å². The van der Waals surface area contributed by atoms with Crippen molar-refractivity contribution in [2.24, 2.45) is 5.92 Å². The molecule has 0 aromatic carbocycles. The first-order valence-corrected chi connectivity index (χ1v) is 6.30. The summed E-state index contributed by atoms with van der Waals surface area (Å²) in [5, 5.41) is 2.72. The van der Waals surface area contributed by atoms with E-state index in [0.717, 1.165) is 37.3 Å². The highest BCUT2D eigenvalue weighted by Gasteiger charge is 2.25. The van der Waals surface area contributed by atoms with Gasteiger partial charge in [-0.3, -0.25) is 4.79 Å². The predicted octanol–water partition coefficient (Wildman–Crippen LogP) is 0.935. The van der Waals surface area contributed by atoms with E-state index in [9.17, 15) is 4.79 Å². The lowest BCUT2D eigenvalue weighted by atomic mass is 9.97. The standard InChI is InChI=1S/C13H20N4O/c1-9-6-12(16-7-11(9)14)17-5-3-4-10(8-17)13(18)15-2/h6-7,10H,3-5,8,14H2,1-2H3,(H,15,18). The van der Waals surface area contributed by atoms with Gasteiger partial charge in [0, 0.05) is 20.1 Å². The Morgan fingerprint density at radius 2 is 2.39 bits per heavy atom. The summed E-state index contributed by atoms with van der Waals surface area (Å²) in [5.74, 6) is 1.09. The Labute approximate surface area is 107 Å². The number of amides is 1. The highest BCUT2D eigenvalue weighted by molar-refractivity contribution is 5.79. The summed E-state index contributed by atoms with van der Waals surface area (Å²) < 4.78 is 0. The fourth-order valence-electron chi connectivity index (χ4n) is 2.33. The predicted molar refractivity (Wildman–Crippen MR) is 72.4 cm³/mol. The smallest absolute Gasteiger partial charge is 0.224 e. The molecule has 0 bridgehead atoms. The van der Waals surface area contributed by atoms with Crippen LogP contribution in [0.5, 0.6) is 0 Å². The van der Waals surface area contributed by atoms with Crippen LogP contribution in [0, 0.1) is 12.8 Å². The number of pyridine rings is 1. The minimum absolute atomic E-state index is 0.0587. The van der Waals surface area contributed by atoms with Gasteiger partial charge < -0.3 is 16.0 Å². The van der Waals surface area contributed by atoms with E-state index >= 15 is 0 Å². The molecule has 3 N–H and O–H groups in total. The fraction of sp³-hybridized carbons (Fsp3) is 0.538. The molecule has 1 saturated heterocycles. The zero-order chi connectivity index (χ0) is 13.1. The largest absolute Gasteiger partial charge is 0.397 e. The number of hydrogen-bond acceptors (Lipinski definition) is 4. The molecule has 1 aliphatic heterocycles. The zero-order valence-electron chi connectivity index (χ0n) is 10.9. The van der Waals surface area contributed by atoms with E-state index < -0.39 is 0 Å². The van der Waals surface area contributed by atoms with Crippen LogP contribution in [-0.4, -0.2) is 31.0 Å². The van der Waals surface area contributed by atoms with Gasteiger partial charge in [-0.1, -0.05) is 0 Å². The van der Waals surface area contributed by atoms with Crippen molar-refractivity contribution in [3.63, 3.8) is 0 Å². The molecule has 1 aromatic rings. The average Bonchev–Trinajstić information content (AvgIpc) is 2.41. The van der Waals surface area contributed by atoms with E-state index in [-0.39, 0.29) is 11.8 Å². The fourth-order valence-corrected chi connectivity index (χ4v) is 2.33. The summed E-state index contributed by atoms with van der Waals surface area (Å²) in [6, 6.07) is 1.99. The van der Waals surface area contributed by atoms with Crippen molar-refractivity contribution in [2.75, 3.05) is 30.8 Å². The number of nitrogens with zero attached hydrogens (tertiary/aromatic N) is 2. The number of aromatic nitrogens is 1. The second kappa shape index (κ2) is 5.25. The first-order chi connectivity index (χ1) is 8.61. The number of carbonyl (C=O) groups excluding carboxylic acids is 1. The van der Waals surface area contributed by atoms with Crippen molar-refractivity contribution in [3.8, 4) is 0 Å². The summed E-state index contributed by atoms with van der Waals surface area (Å²) in [6.45, 7) is 3.65. The van der Waals surface area contributed by atoms with Crippen molar-refractivity contribution >= 4 is 17.4 Å². The number of carbonyl (C=O) groups is 1. The third-order valence-electron chi connectivity index (χ3n) is 3.50. The van der Waals surface area contributed by atoms with Crippen LogP contribution in [0.15, 0.2) is 12.3 Å². The molecule has 5 heteroatoms. The quantitative estimate of drug-likeness (QED) is 0.817. The average molecular weight is 248 g/mol. The molecule has 0 spiro atoms. The van der Waals surface area contributed by atoms with Crippen molar-refractivity contribution in [1.82, 2.24) is 10.3 Å². The van der Waals surface area contributed by atoms with Crippen molar-refractivity contribution in [3.05, 3.63) is 17.8 Å². The molecule has 1 aliphatic rings.